The number of carbonyl (C=O) groups is 3. The van der Waals surface area contributed by atoms with E-state index in [-0.39, 0.29) is 29.2 Å². The van der Waals surface area contributed by atoms with Gasteiger partial charge < -0.3 is 19.9 Å². The van der Waals surface area contributed by atoms with E-state index < -0.39 is 40.8 Å². The first-order valence-electron chi connectivity index (χ1n) is 14.1. The number of amides is 2. The molecular formula is C31H35ClF3N3O4. The number of hydrogen-bond donors (Lipinski definition) is 1. The molecule has 2 amide bonds. The summed E-state index contributed by atoms with van der Waals surface area (Å²) in [5, 5.41) is 3.80. The predicted molar refractivity (Wildman–Crippen MR) is 152 cm³/mol. The number of ketones is 1. The molecule has 0 radical (unpaired) electrons. The molecule has 2 aromatic rings. The van der Waals surface area contributed by atoms with Crippen molar-refractivity contribution in [3.63, 3.8) is 0 Å². The Morgan fingerprint density at radius 2 is 1.71 bits per heavy atom. The molecular weight excluding hydrogens is 571 g/mol. The zero-order chi connectivity index (χ0) is 30.4. The molecule has 2 aromatic carbocycles. The van der Waals surface area contributed by atoms with E-state index in [4.69, 9.17) is 16.3 Å². The maximum Gasteiger partial charge on any atom is 0.419 e. The van der Waals surface area contributed by atoms with Crippen molar-refractivity contribution >= 4 is 29.2 Å². The maximum atomic E-state index is 14.6. The second-order valence-corrected chi connectivity index (χ2v) is 12.4. The molecule has 1 aliphatic carbocycles. The number of methoxy groups -OCH3 is 1. The molecule has 1 saturated carbocycles. The van der Waals surface area contributed by atoms with Crippen molar-refractivity contribution in [2.75, 3.05) is 40.3 Å². The molecule has 0 unspecified atom stereocenters. The summed E-state index contributed by atoms with van der Waals surface area (Å²) in [5.74, 6) is -2.02. The lowest BCUT2D eigenvalue weighted by atomic mass is 9.71. The third-order valence-corrected chi connectivity index (χ3v) is 9.59. The van der Waals surface area contributed by atoms with E-state index in [1.807, 2.05) is 24.0 Å². The quantitative estimate of drug-likeness (QED) is 0.471. The Morgan fingerprint density at radius 1 is 1.07 bits per heavy atom. The Hall–Kier alpha value is -3.11. The van der Waals surface area contributed by atoms with Gasteiger partial charge in [-0.2, -0.15) is 13.2 Å². The molecule has 226 valence electrons. The number of nitrogens with zero attached hydrogens (tertiary/aromatic N) is 2. The average molecular weight is 606 g/mol. The van der Waals surface area contributed by atoms with Crippen LogP contribution in [0.5, 0.6) is 5.75 Å². The average Bonchev–Trinajstić information content (AvgIpc) is 3.58. The normalized spacial score (nSPS) is 23.9. The van der Waals surface area contributed by atoms with E-state index in [2.05, 4.69) is 5.32 Å². The molecule has 0 spiro atoms. The molecule has 2 aliphatic heterocycles. The van der Waals surface area contributed by atoms with Crippen molar-refractivity contribution in [3.05, 3.63) is 64.2 Å². The minimum atomic E-state index is -4.74. The van der Waals surface area contributed by atoms with Crippen molar-refractivity contribution in [2.24, 2.45) is 11.3 Å². The van der Waals surface area contributed by atoms with Gasteiger partial charge in [0.2, 0.25) is 5.91 Å². The van der Waals surface area contributed by atoms with E-state index in [0.717, 1.165) is 37.6 Å². The highest BCUT2D eigenvalue weighted by molar-refractivity contribution is 6.30. The van der Waals surface area contributed by atoms with Crippen LogP contribution in [0.25, 0.3) is 0 Å². The standard InChI is InChI=1S/C31H35ClF3N3O4/c1-29(12-13-29)28(41)38-14-10-20(11-15-38)26(39)30(18-36-17-24(30)19-4-7-22(32)8-5-19)37(2)27(40)21-6-9-25(42-3)23(16-21)31(33,34)35/h4-9,16,20,24,36H,10-15,17-18H2,1-3H3/t24-,30+/m0/s1. The van der Waals surface area contributed by atoms with Gasteiger partial charge in [0, 0.05) is 61.1 Å². The highest BCUT2D eigenvalue weighted by atomic mass is 35.5. The molecule has 1 N–H and O–H groups in total. The lowest BCUT2D eigenvalue weighted by Gasteiger charge is -2.45. The maximum absolute atomic E-state index is 14.6. The smallest absolute Gasteiger partial charge is 0.419 e. The van der Waals surface area contributed by atoms with E-state index in [9.17, 15) is 27.6 Å². The number of halogens is 4. The van der Waals surface area contributed by atoms with Crippen LogP contribution in [0.15, 0.2) is 42.5 Å². The zero-order valence-electron chi connectivity index (χ0n) is 23.9. The Balaban J connectivity index is 1.49. The van der Waals surface area contributed by atoms with Crippen LogP contribution in [-0.4, -0.2) is 73.3 Å². The van der Waals surface area contributed by atoms with Crippen LogP contribution < -0.4 is 10.1 Å². The summed E-state index contributed by atoms with van der Waals surface area (Å²) in [7, 11) is 2.62. The Bertz CT molecular complexity index is 1370. The molecule has 5 rings (SSSR count). The van der Waals surface area contributed by atoms with Crippen molar-refractivity contribution in [3.8, 4) is 5.75 Å². The van der Waals surface area contributed by atoms with E-state index in [1.165, 1.54) is 18.0 Å². The molecule has 3 aliphatic rings. The molecule has 2 heterocycles. The SMILES string of the molecule is COc1ccc(C(=O)N(C)[C@]2(C(=O)C3CCN(C(=O)C4(C)CC4)CC3)CNC[C@H]2c2ccc(Cl)cc2)cc1C(F)(F)F. The minimum Gasteiger partial charge on any atom is -0.496 e. The fourth-order valence-electron chi connectivity index (χ4n) is 6.48. The number of nitrogens with one attached hydrogen (secondary N) is 1. The third-order valence-electron chi connectivity index (χ3n) is 9.34. The molecule has 3 fully saturated rings. The van der Waals surface area contributed by atoms with E-state index in [1.54, 1.807) is 12.1 Å². The minimum absolute atomic E-state index is 0.122. The highest BCUT2D eigenvalue weighted by Crippen LogP contribution is 2.47. The number of benzene rings is 2. The molecule has 11 heteroatoms. The zero-order valence-corrected chi connectivity index (χ0v) is 24.6. The van der Waals surface area contributed by atoms with Gasteiger partial charge in [-0.15, -0.1) is 0 Å². The lowest BCUT2D eigenvalue weighted by Crippen LogP contribution is -2.62. The van der Waals surface area contributed by atoms with Gasteiger partial charge in [-0.1, -0.05) is 30.7 Å². The summed E-state index contributed by atoms with van der Waals surface area (Å²) >= 11 is 6.14. The molecule has 0 bridgehead atoms. The van der Waals surface area contributed by atoms with Crippen molar-refractivity contribution in [2.45, 2.75) is 50.2 Å². The van der Waals surface area contributed by atoms with Gasteiger partial charge in [0.1, 0.15) is 11.3 Å². The molecule has 7 nitrogen and oxygen atoms in total. The number of carbonyl (C=O) groups excluding carboxylic acids is 3. The summed E-state index contributed by atoms with van der Waals surface area (Å²) < 4.78 is 46.3. The van der Waals surface area contributed by atoms with Crippen molar-refractivity contribution in [1.29, 1.82) is 0 Å². The molecule has 0 aromatic heterocycles. The topological polar surface area (TPSA) is 79.0 Å². The van der Waals surface area contributed by atoms with E-state index in [0.29, 0.717) is 37.5 Å². The van der Waals surface area contributed by atoms with Gasteiger partial charge in [0.05, 0.1) is 12.7 Å². The molecule has 2 atom stereocenters. The fourth-order valence-corrected chi connectivity index (χ4v) is 6.61. The van der Waals surface area contributed by atoms with Gasteiger partial charge in [0.25, 0.3) is 5.91 Å². The number of Topliss-reactive ketones (excluding diaryl/α,β-unsaturated/α-hetero) is 1. The second kappa shape index (κ2) is 11.2. The number of likely N-dealkylation sites (N-methyl/N-ethyl adjacent to an activating group) is 1. The largest absolute Gasteiger partial charge is 0.496 e. The summed E-state index contributed by atoms with van der Waals surface area (Å²) in [4.78, 5) is 44.6. The number of hydrogen-bond acceptors (Lipinski definition) is 5. The number of piperidine rings is 1. The Morgan fingerprint density at radius 3 is 2.29 bits per heavy atom. The molecule has 42 heavy (non-hydrogen) atoms. The predicted octanol–water partition coefficient (Wildman–Crippen LogP) is 5.17. The lowest BCUT2D eigenvalue weighted by molar-refractivity contribution is -0.142. The van der Waals surface area contributed by atoms with Crippen LogP contribution in [0.2, 0.25) is 5.02 Å². The summed E-state index contributed by atoms with van der Waals surface area (Å²) in [6, 6.07) is 10.2. The number of rotatable bonds is 7. The number of likely N-dealkylation sites (tertiary alicyclic amines) is 1. The van der Waals surface area contributed by atoms with Gasteiger partial charge in [-0.25, -0.2) is 0 Å². The summed E-state index contributed by atoms with van der Waals surface area (Å²) in [6.45, 7) is 3.39. The highest BCUT2D eigenvalue weighted by Gasteiger charge is 2.56. The van der Waals surface area contributed by atoms with Gasteiger partial charge >= 0.3 is 6.18 Å². The van der Waals surface area contributed by atoms with Crippen LogP contribution >= 0.6 is 11.6 Å². The summed E-state index contributed by atoms with van der Waals surface area (Å²) in [6.07, 6.45) is -2.08. The van der Waals surface area contributed by atoms with Crippen molar-refractivity contribution < 1.29 is 32.3 Å². The number of ether oxygens (including phenoxy) is 1. The second-order valence-electron chi connectivity index (χ2n) is 11.9. The summed E-state index contributed by atoms with van der Waals surface area (Å²) in [5.41, 5.74) is -2.14. The van der Waals surface area contributed by atoms with Crippen LogP contribution in [0.1, 0.15) is 60.0 Å². The monoisotopic (exact) mass is 605 g/mol. The first-order chi connectivity index (χ1) is 19.8. The van der Waals surface area contributed by atoms with Gasteiger partial charge in [-0.05, 0) is 61.6 Å². The fraction of sp³-hybridized carbons (Fsp3) is 0.516. The van der Waals surface area contributed by atoms with Crippen LogP contribution in [0.4, 0.5) is 13.2 Å². The van der Waals surface area contributed by atoms with Gasteiger partial charge in [-0.3, -0.25) is 14.4 Å². The number of alkyl halides is 3. The third kappa shape index (κ3) is 5.39. The van der Waals surface area contributed by atoms with Gasteiger partial charge in [0.15, 0.2) is 5.78 Å². The van der Waals surface area contributed by atoms with Crippen molar-refractivity contribution in [1.82, 2.24) is 15.1 Å². The first-order valence-corrected chi connectivity index (χ1v) is 14.5. The van der Waals surface area contributed by atoms with E-state index >= 15 is 0 Å². The van der Waals surface area contributed by atoms with Crippen LogP contribution in [0, 0.1) is 11.3 Å². The van der Waals surface area contributed by atoms with Crippen LogP contribution in [-0.2, 0) is 15.8 Å². The first kappa shape index (κ1) is 30.4. The Labute approximate surface area is 248 Å². The molecule has 2 saturated heterocycles. The van der Waals surface area contributed by atoms with Crippen LogP contribution in [0.3, 0.4) is 0 Å². The Kier molecular flexibility index (Phi) is 8.08.